The van der Waals surface area contributed by atoms with E-state index in [4.69, 9.17) is 0 Å². The Hall–Kier alpha value is -2.15. The maximum atomic E-state index is 11.9. The first-order valence-electron chi connectivity index (χ1n) is 7.85. The number of rotatable bonds is 4. The van der Waals surface area contributed by atoms with Crippen molar-refractivity contribution in [3.8, 4) is 0 Å². The molecule has 0 spiro atoms. The zero-order valence-corrected chi connectivity index (χ0v) is 14.0. The van der Waals surface area contributed by atoms with E-state index < -0.39 is 0 Å². The lowest BCUT2D eigenvalue weighted by molar-refractivity contribution is 0.252. The zero-order chi connectivity index (χ0) is 16.1. The minimum absolute atomic E-state index is 0.254. The number of hydrogen-bond donors (Lipinski definition) is 2. The van der Waals surface area contributed by atoms with E-state index in [2.05, 4.69) is 32.4 Å². The van der Waals surface area contributed by atoms with Crippen molar-refractivity contribution in [3.63, 3.8) is 0 Å². The third-order valence-corrected chi connectivity index (χ3v) is 4.88. The Morgan fingerprint density at radius 3 is 2.96 bits per heavy atom. The van der Waals surface area contributed by atoms with Gasteiger partial charge in [0.25, 0.3) is 0 Å². The fourth-order valence-electron chi connectivity index (χ4n) is 2.57. The molecule has 0 saturated carbocycles. The molecule has 0 bridgehead atoms. The molecule has 2 N–H and O–H groups in total. The van der Waals surface area contributed by atoms with Gasteiger partial charge in [-0.25, -0.2) is 14.8 Å². The lowest BCUT2D eigenvalue weighted by atomic mass is 9.99. The van der Waals surface area contributed by atoms with Crippen LogP contribution in [0.1, 0.15) is 24.6 Å². The van der Waals surface area contributed by atoms with Crippen LogP contribution >= 0.6 is 11.3 Å². The number of thiophene rings is 1. The second kappa shape index (κ2) is 7.41. The predicted octanol–water partition coefficient (Wildman–Crippen LogP) is 3.10. The zero-order valence-electron chi connectivity index (χ0n) is 13.2. The molecule has 23 heavy (non-hydrogen) atoms. The van der Waals surface area contributed by atoms with E-state index in [0.717, 1.165) is 29.7 Å². The van der Waals surface area contributed by atoms with Gasteiger partial charge in [-0.05, 0) is 30.2 Å². The Morgan fingerprint density at radius 2 is 2.22 bits per heavy atom. The molecule has 7 heteroatoms. The molecule has 2 amide bonds. The summed E-state index contributed by atoms with van der Waals surface area (Å²) in [7, 11) is 0. The summed E-state index contributed by atoms with van der Waals surface area (Å²) in [6.07, 6.45) is 3.85. The number of nitrogens with zero attached hydrogens (tertiary/aromatic N) is 3. The summed E-state index contributed by atoms with van der Waals surface area (Å²) >= 11 is 1.62. The van der Waals surface area contributed by atoms with Crippen molar-refractivity contribution in [1.82, 2.24) is 15.3 Å². The van der Waals surface area contributed by atoms with Crippen molar-refractivity contribution in [2.45, 2.75) is 26.3 Å². The Bertz CT molecular complexity index is 638. The first-order chi connectivity index (χ1) is 11.2. The summed E-state index contributed by atoms with van der Waals surface area (Å²) < 4.78 is 0. The largest absolute Gasteiger partial charge is 0.356 e. The number of nitrogens with one attached hydrogen (secondary N) is 2. The molecule has 0 aliphatic carbocycles. The third-order valence-electron chi connectivity index (χ3n) is 4.01. The highest BCUT2D eigenvalue weighted by atomic mass is 32.1. The molecule has 1 aliphatic heterocycles. The summed E-state index contributed by atoms with van der Waals surface area (Å²) in [4.78, 5) is 23.8. The molecule has 3 heterocycles. The summed E-state index contributed by atoms with van der Waals surface area (Å²) in [5.74, 6) is 2.17. The van der Waals surface area contributed by atoms with Crippen LogP contribution in [0.3, 0.4) is 0 Å². The van der Waals surface area contributed by atoms with E-state index in [1.54, 1.807) is 11.3 Å². The number of aromatic nitrogens is 2. The molecule has 6 nitrogen and oxygen atoms in total. The third kappa shape index (κ3) is 4.41. The highest BCUT2D eigenvalue weighted by Gasteiger charge is 2.17. The molecule has 0 atom stereocenters. The Morgan fingerprint density at radius 1 is 1.39 bits per heavy atom. The molecule has 1 aliphatic rings. The second-order valence-corrected chi connectivity index (χ2v) is 6.85. The van der Waals surface area contributed by atoms with Crippen LogP contribution in [0, 0.1) is 5.92 Å². The summed E-state index contributed by atoms with van der Waals surface area (Å²) in [5, 5.41) is 7.59. The normalized spacial score (nSPS) is 15.4. The van der Waals surface area contributed by atoms with E-state index in [-0.39, 0.29) is 6.03 Å². The highest BCUT2D eigenvalue weighted by molar-refractivity contribution is 7.09. The summed E-state index contributed by atoms with van der Waals surface area (Å²) in [5.41, 5.74) is 0. The SMILES string of the molecule is CC1CCN(c2cc(NC(=O)NCc3cccs3)ncn2)CC1. The van der Waals surface area contributed by atoms with Crippen molar-refractivity contribution in [3.05, 3.63) is 34.8 Å². The van der Waals surface area contributed by atoms with Crippen LogP contribution in [-0.2, 0) is 6.54 Å². The van der Waals surface area contributed by atoms with Gasteiger partial charge < -0.3 is 10.2 Å². The standard InChI is InChI=1S/C16H21N5OS/c1-12-4-6-21(7-5-12)15-9-14(18-11-19-15)20-16(22)17-10-13-3-2-8-23-13/h2-3,8-9,11-12H,4-7,10H2,1H3,(H2,17,18,19,20,22). The van der Waals surface area contributed by atoms with Gasteiger partial charge >= 0.3 is 6.03 Å². The monoisotopic (exact) mass is 331 g/mol. The fraction of sp³-hybridized carbons (Fsp3) is 0.438. The molecule has 3 rings (SSSR count). The number of hydrogen-bond acceptors (Lipinski definition) is 5. The van der Waals surface area contributed by atoms with Crippen LogP contribution in [-0.4, -0.2) is 29.1 Å². The van der Waals surface area contributed by atoms with Gasteiger partial charge in [0, 0.05) is 24.0 Å². The number of carbonyl (C=O) groups is 1. The lowest BCUT2D eigenvalue weighted by Gasteiger charge is -2.31. The number of anilines is 2. The van der Waals surface area contributed by atoms with Crippen molar-refractivity contribution in [2.75, 3.05) is 23.3 Å². The average molecular weight is 331 g/mol. The topological polar surface area (TPSA) is 70.2 Å². The van der Waals surface area contributed by atoms with Gasteiger partial charge in [-0.15, -0.1) is 11.3 Å². The Kier molecular flexibility index (Phi) is 5.07. The Balaban J connectivity index is 1.55. The number of piperidine rings is 1. The van der Waals surface area contributed by atoms with Crippen molar-refractivity contribution >= 4 is 29.0 Å². The molecule has 0 unspecified atom stereocenters. The van der Waals surface area contributed by atoms with Crippen molar-refractivity contribution in [1.29, 1.82) is 0 Å². The van der Waals surface area contributed by atoms with Crippen LogP contribution in [0.15, 0.2) is 29.9 Å². The molecular formula is C16H21N5OS. The molecule has 0 aromatic carbocycles. The predicted molar refractivity (Wildman–Crippen MR) is 92.8 cm³/mol. The lowest BCUT2D eigenvalue weighted by Crippen LogP contribution is -2.33. The van der Waals surface area contributed by atoms with Crippen molar-refractivity contribution in [2.24, 2.45) is 5.92 Å². The van der Waals surface area contributed by atoms with E-state index >= 15 is 0 Å². The maximum absolute atomic E-state index is 11.9. The van der Waals surface area contributed by atoms with Crippen LogP contribution < -0.4 is 15.5 Å². The van der Waals surface area contributed by atoms with E-state index in [1.807, 2.05) is 23.6 Å². The van der Waals surface area contributed by atoms with Gasteiger partial charge in [-0.3, -0.25) is 5.32 Å². The number of amides is 2. The van der Waals surface area contributed by atoms with Crippen molar-refractivity contribution < 1.29 is 4.79 Å². The molecule has 122 valence electrons. The van der Waals surface area contributed by atoms with Gasteiger partial charge in [0.2, 0.25) is 0 Å². The average Bonchev–Trinajstić information content (AvgIpc) is 3.07. The van der Waals surface area contributed by atoms with Gasteiger partial charge in [-0.1, -0.05) is 13.0 Å². The van der Waals surface area contributed by atoms with E-state index in [1.165, 1.54) is 19.2 Å². The van der Waals surface area contributed by atoms with Gasteiger partial charge in [0.15, 0.2) is 0 Å². The first-order valence-corrected chi connectivity index (χ1v) is 8.73. The smallest absolute Gasteiger partial charge is 0.320 e. The molecule has 2 aromatic rings. The minimum atomic E-state index is -0.254. The molecule has 1 saturated heterocycles. The molecule has 1 fully saturated rings. The van der Waals surface area contributed by atoms with Crippen LogP contribution in [0.4, 0.5) is 16.4 Å². The fourth-order valence-corrected chi connectivity index (χ4v) is 3.21. The Labute approximate surface area is 140 Å². The van der Waals surface area contributed by atoms with E-state index in [9.17, 15) is 4.79 Å². The van der Waals surface area contributed by atoms with Crippen LogP contribution in [0.2, 0.25) is 0 Å². The molecular weight excluding hydrogens is 310 g/mol. The van der Waals surface area contributed by atoms with Gasteiger partial charge in [0.05, 0.1) is 6.54 Å². The first kappa shape index (κ1) is 15.7. The second-order valence-electron chi connectivity index (χ2n) is 5.82. The highest BCUT2D eigenvalue weighted by Crippen LogP contribution is 2.22. The molecule has 0 radical (unpaired) electrons. The summed E-state index contributed by atoms with van der Waals surface area (Å²) in [6, 6.07) is 5.54. The molecule has 2 aromatic heterocycles. The van der Waals surface area contributed by atoms with Gasteiger partial charge in [-0.2, -0.15) is 0 Å². The van der Waals surface area contributed by atoms with Crippen LogP contribution in [0.25, 0.3) is 0 Å². The maximum Gasteiger partial charge on any atom is 0.320 e. The quantitative estimate of drug-likeness (QED) is 0.903. The number of carbonyl (C=O) groups excluding carboxylic acids is 1. The van der Waals surface area contributed by atoms with Gasteiger partial charge in [0.1, 0.15) is 18.0 Å². The van der Waals surface area contributed by atoms with Crippen LogP contribution in [0.5, 0.6) is 0 Å². The number of urea groups is 1. The minimum Gasteiger partial charge on any atom is -0.356 e. The summed E-state index contributed by atoms with van der Waals surface area (Å²) in [6.45, 7) is 4.80. The van der Waals surface area contributed by atoms with E-state index in [0.29, 0.717) is 12.4 Å².